The molecule has 0 amide bonds. The SMILES string of the molecule is CNCc1ccc(OCCOc2ccccc2Cl)c(Br)c1. The van der Waals surface area contributed by atoms with Gasteiger partial charge in [-0.05, 0) is 52.8 Å². The zero-order valence-corrected chi connectivity index (χ0v) is 14.1. The number of para-hydroxylation sites is 1. The van der Waals surface area contributed by atoms with Gasteiger partial charge in [0.2, 0.25) is 0 Å². The first-order valence-electron chi connectivity index (χ1n) is 6.64. The maximum atomic E-state index is 6.01. The quantitative estimate of drug-likeness (QED) is 0.738. The molecule has 0 saturated carbocycles. The molecule has 5 heteroatoms. The maximum Gasteiger partial charge on any atom is 0.138 e. The molecule has 0 aromatic heterocycles. The highest BCUT2D eigenvalue weighted by Crippen LogP contribution is 2.26. The Balaban J connectivity index is 1.82. The van der Waals surface area contributed by atoms with Gasteiger partial charge in [0.25, 0.3) is 0 Å². The summed E-state index contributed by atoms with van der Waals surface area (Å²) in [6.07, 6.45) is 0. The highest BCUT2D eigenvalue weighted by molar-refractivity contribution is 9.10. The standard InChI is InChI=1S/C16H17BrClNO2/c1-19-11-12-6-7-15(13(17)10-12)20-8-9-21-16-5-3-2-4-14(16)18/h2-7,10,19H,8-9,11H2,1H3. The topological polar surface area (TPSA) is 30.5 Å². The molecule has 2 aromatic carbocycles. The van der Waals surface area contributed by atoms with Crippen molar-refractivity contribution < 1.29 is 9.47 Å². The van der Waals surface area contributed by atoms with Crippen molar-refractivity contribution in [2.45, 2.75) is 6.54 Å². The third-order valence-electron chi connectivity index (χ3n) is 2.81. The van der Waals surface area contributed by atoms with E-state index in [1.165, 1.54) is 5.56 Å². The molecule has 0 atom stereocenters. The number of rotatable bonds is 7. The summed E-state index contributed by atoms with van der Waals surface area (Å²) < 4.78 is 12.2. The number of ether oxygens (including phenoxy) is 2. The molecule has 112 valence electrons. The van der Waals surface area contributed by atoms with E-state index >= 15 is 0 Å². The summed E-state index contributed by atoms with van der Waals surface area (Å²) in [5, 5.41) is 3.72. The summed E-state index contributed by atoms with van der Waals surface area (Å²) in [5.74, 6) is 1.48. The molecule has 1 N–H and O–H groups in total. The smallest absolute Gasteiger partial charge is 0.138 e. The van der Waals surface area contributed by atoms with Gasteiger partial charge in [-0.25, -0.2) is 0 Å². The van der Waals surface area contributed by atoms with Crippen LogP contribution in [0, 0.1) is 0 Å². The molecule has 0 aliphatic carbocycles. The summed E-state index contributed by atoms with van der Waals surface area (Å²) in [6, 6.07) is 13.4. The van der Waals surface area contributed by atoms with E-state index < -0.39 is 0 Å². The van der Waals surface area contributed by atoms with E-state index in [1.54, 1.807) is 6.07 Å². The van der Waals surface area contributed by atoms with Gasteiger partial charge in [0.15, 0.2) is 0 Å². The van der Waals surface area contributed by atoms with Crippen LogP contribution in [0.1, 0.15) is 5.56 Å². The van der Waals surface area contributed by atoms with Crippen LogP contribution in [0.25, 0.3) is 0 Å². The van der Waals surface area contributed by atoms with Crippen molar-refractivity contribution in [1.29, 1.82) is 0 Å². The predicted octanol–water partition coefficient (Wildman–Crippen LogP) is 4.28. The number of hydrogen-bond donors (Lipinski definition) is 1. The molecule has 0 radical (unpaired) electrons. The Kier molecular flexibility index (Phi) is 6.36. The molecule has 0 saturated heterocycles. The monoisotopic (exact) mass is 369 g/mol. The van der Waals surface area contributed by atoms with Crippen LogP contribution in [0.2, 0.25) is 5.02 Å². The van der Waals surface area contributed by atoms with Gasteiger partial charge in [-0.15, -0.1) is 0 Å². The van der Waals surface area contributed by atoms with Crippen LogP contribution in [-0.2, 0) is 6.54 Å². The van der Waals surface area contributed by atoms with Gasteiger partial charge in [-0.2, -0.15) is 0 Å². The second kappa shape index (κ2) is 8.27. The minimum Gasteiger partial charge on any atom is -0.489 e. The van der Waals surface area contributed by atoms with Gasteiger partial charge >= 0.3 is 0 Å². The van der Waals surface area contributed by atoms with Crippen molar-refractivity contribution in [3.63, 3.8) is 0 Å². The molecule has 0 spiro atoms. The van der Waals surface area contributed by atoms with Crippen molar-refractivity contribution in [2.24, 2.45) is 0 Å². The molecule has 0 heterocycles. The Hall–Kier alpha value is -1.23. The Bertz CT molecular complexity index is 592. The zero-order valence-electron chi connectivity index (χ0n) is 11.7. The van der Waals surface area contributed by atoms with Crippen molar-refractivity contribution >= 4 is 27.5 Å². The van der Waals surface area contributed by atoms with Gasteiger partial charge < -0.3 is 14.8 Å². The summed E-state index contributed by atoms with van der Waals surface area (Å²) in [5.41, 5.74) is 1.20. The Morgan fingerprint density at radius 1 is 1.05 bits per heavy atom. The first kappa shape index (κ1) is 16.1. The van der Waals surface area contributed by atoms with Crippen molar-refractivity contribution in [2.75, 3.05) is 20.3 Å². The summed E-state index contributed by atoms with van der Waals surface area (Å²) in [6.45, 7) is 1.72. The summed E-state index contributed by atoms with van der Waals surface area (Å²) in [4.78, 5) is 0. The van der Waals surface area contributed by atoms with Crippen LogP contribution in [0.4, 0.5) is 0 Å². The Morgan fingerprint density at radius 3 is 2.43 bits per heavy atom. The van der Waals surface area contributed by atoms with E-state index in [4.69, 9.17) is 21.1 Å². The van der Waals surface area contributed by atoms with E-state index in [0.717, 1.165) is 16.8 Å². The Labute approximate surface area is 138 Å². The average molecular weight is 371 g/mol. The largest absolute Gasteiger partial charge is 0.489 e. The minimum absolute atomic E-state index is 0.439. The van der Waals surface area contributed by atoms with E-state index in [-0.39, 0.29) is 0 Å². The van der Waals surface area contributed by atoms with E-state index in [2.05, 4.69) is 21.2 Å². The lowest BCUT2D eigenvalue weighted by Crippen LogP contribution is -2.10. The molecule has 0 aliphatic heterocycles. The lowest BCUT2D eigenvalue weighted by Gasteiger charge is -2.11. The second-order valence-corrected chi connectivity index (χ2v) is 5.68. The van der Waals surface area contributed by atoms with E-state index in [9.17, 15) is 0 Å². The summed E-state index contributed by atoms with van der Waals surface area (Å²) >= 11 is 9.52. The molecule has 3 nitrogen and oxygen atoms in total. The van der Waals surface area contributed by atoms with Crippen LogP contribution in [0.5, 0.6) is 11.5 Å². The fourth-order valence-electron chi connectivity index (χ4n) is 1.84. The van der Waals surface area contributed by atoms with Crippen LogP contribution >= 0.6 is 27.5 Å². The van der Waals surface area contributed by atoms with Crippen LogP contribution in [0.15, 0.2) is 46.9 Å². The van der Waals surface area contributed by atoms with Gasteiger partial charge in [0, 0.05) is 6.54 Å². The molecule has 0 unspecified atom stereocenters. The normalized spacial score (nSPS) is 10.4. The Morgan fingerprint density at radius 2 is 1.76 bits per heavy atom. The predicted molar refractivity (Wildman–Crippen MR) is 89.3 cm³/mol. The highest BCUT2D eigenvalue weighted by Gasteiger charge is 2.04. The number of benzene rings is 2. The molecular formula is C16H17BrClNO2. The van der Waals surface area contributed by atoms with Crippen LogP contribution in [-0.4, -0.2) is 20.3 Å². The van der Waals surface area contributed by atoms with Crippen LogP contribution < -0.4 is 14.8 Å². The fraction of sp³-hybridized carbons (Fsp3) is 0.250. The molecule has 0 fully saturated rings. The average Bonchev–Trinajstić information content (AvgIpc) is 2.47. The molecule has 2 aromatic rings. The molecular weight excluding hydrogens is 354 g/mol. The van der Waals surface area contributed by atoms with Gasteiger partial charge in [-0.1, -0.05) is 29.8 Å². The second-order valence-electron chi connectivity index (χ2n) is 4.42. The van der Waals surface area contributed by atoms with Gasteiger partial charge in [0.1, 0.15) is 24.7 Å². The lowest BCUT2D eigenvalue weighted by atomic mass is 10.2. The molecule has 21 heavy (non-hydrogen) atoms. The van der Waals surface area contributed by atoms with Gasteiger partial charge in [-0.3, -0.25) is 0 Å². The number of halogens is 2. The van der Waals surface area contributed by atoms with E-state index in [1.807, 2.05) is 43.4 Å². The van der Waals surface area contributed by atoms with Crippen LogP contribution in [0.3, 0.4) is 0 Å². The summed E-state index contributed by atoms with van der Waals surface area (Å²) in [7, 11) is 1.92. The van der Waals surface area contributed by atoms with Crippen molar-refractivity contribution in [3.05, 3.63) is 57.5 Å². The highest BCUT2D eigenvalue weighted by atomic mass is 79.9. The van der Waals surface area contributed by atoms with E-state index in [0.29, 0.717) is 24.0 Å². The zero-order chi connectivity index (χ0) is 15.1. The molecule has 2 rings (SSSR count). The maximum absolute atomic E-state index is 6.01. The number of hydrogen-bond acceptors (Lipinski definition) is 3. The third kappa shape index (κ3) is 4.92. The van der Waals surface area contributed by atoms with Crippen molar-refractivity contribution in [3.8, 4) is 11.5 Å². The minimum atomic E-state index is 0.439. The third-order valence-corrected chi connectivity index (χ3v) is 3.74. The first-order chi connectivity index (χ1) is 10.2. The van der Waals surface area contributed by atoms with Crippen molar-refractivity contribution in [1.82, 2.24) is 5.32 Å². The lowest BCUT2D eigenvalue weighted by molar-refractivity contribution is 0.216. The molecule has 0 bridgehead atoms. The van der Waals surface area contributed by atoms with Gasteiger partial charge in [0.05, 0.1) is 9.50 Å². The first-order valence-corrected chi connectivity index (χ1v) is 7.81. The molecule has 0 aliphatic rings. The fourth-order valence-corrected chi connectivity index (χ4v) is 2.57. The number of nitrogens with one attached hydrogen (secondary N) is 1.